The van der Waals surface area contributed by atoms with Crippen molar-refractivity contribution in [3.8, 4) is 0 Å². The maximum Gasteiger partial charge on any atom is 0.320 e. The highest BCUT2D eigenvalue weighted by Crippen LogP contribution is 2.15. The van der Waals surface area contributed by atoms with Gasteiger partial charge in [0, 0.05) is 45.7 Å². The molecule has 176 valence electrons. The van der Waals surface area contributed by atoms with Crippen molar-refractivity contribution in [2.45, 2.75) is 32.0 Å². The molecule has 1 aromatic heterocycles. The smallest absolute Gasteiger partial charge is 0.320 e. The lowest BCUT2D eigenvalue weighted by Crippen LogP contribution is -2.47. The molecule has 32 heavy (non-hydrogen) atoms. The van der Waals surface area contributed by atoms with Crippen LogP contribution < -0.4 is 0 Å². The molecule has 1 unspecified atom stereocenters. The van der Waals surface area contributed by atoms with Crippen LogP contribution in [0.3, 0.4) is 0 Å². The molecule has 0 aromatic carbocycles. The van der Waals surface area contributed by atoms with Gasteiger partial charge in [0.15, 0.2) is 0 Å². The number of carboxylic acid groups (broad SMARTS) is 4. The van der Waals surface area contributed by atoms with Crippen LogP contribution in [-0.2, 0) is 32.3 Å². The summed E-state index contributed by atoms with van der Waals surface area (Å²) in [5.41, 5.74) is 1.16. The molecule has 0 saturated heterocycles. The molecule has 1 atom stereocenters. The molecule has 2 heterocycles. The topological polar surface area (TPSA) is 172 Å². The molecule has 4 N–H and O–H groups in total. The van der Waals surface area contributed by atoms with E-state index in [0.29, 0.717) is 11.4 Å². The number of aliphatic carboxylic acids is 4. The lowest BCUT2D eigenvalue weighted by molar-refractivity contribution is -0.145. The van der Waals surface area contributed by atoms with Crippen LogP contribution in [0.2, 0.25) is 0 Å². The average molecular weight is 452 g/mol. The van der Waals surface area contributed by atoms with Crippen LogP contribution >= 0.6 is 0 Å². The van der Waals surface area contributed by atoms with E-state index in [4.69, 9.17) is 5.11 Å². The van der Waals surface area contributed by atoms with Crippen LogP contribution in [0.1, 0.15) is 24.2 Å². The Morgan fingerprint density at radius 2 is 1.38 bits per heavy atom. The van der Waals surface area contributed by atoms with Crippen molar-refractivity contribution in [2.75, 3.05) is 39.3 Å². The van der Waals surface area contributed by atoms with Crippen molar-refractivity contribution < 1.29 is 39.6 Å². The highest BCUT2D eigenvalue weighted by Gasteiger charge is 2.28. The standard InChI is InChI=1S/C20H28N4O8/c25-17(26)5-4-16(20(31)32)24-9-8-22(12-18(27)28)6-7-23(13-19(29)30)10-14-2-1-3-15(11-24)21-14/h1-3,16H,4-13H2,(H,25,26)(H,27,28)(H,29,30)(H,31,32). The number of fused-ring (bicyclic) bond motifs is 2. The molecule has 0 amide bonds. The van der Waals surface area contributed by atoms with Crippen LogP contribution in [0.25, 0.3) is 0 Å². The Hall–Kier alpha value is -3.09. The van der Waals surface area contributed by atoms with Gasteiger partial charge in [0.2, 0.25) is 0 Å². The first-order chi connectivity index (χ1) is 15.1. The Morgan fingerprint density at radius 1 is 0.812 bits per heavy atom. The van der Waals surface area contributed by atoms with Gasteiger partial charge in [0.1, 0.15) is 6.04 Å². The predicted molar refractivity (Wildman–Crippen MR) is 110 cm³/mol. The SMILES string of the molecule is O=C(O)CCC(C(=O)O)N1CCN(CC(=O)O)CCN(CC(=O)O)Cc2cccc(n2)C1. The second-order valence-corrected chi connectivity index (χ2v) is 7.65. The van der Waals surface area contributed by atoms with Crippen molar-refractivity contribution in [1.29, 1.82) is 0 Å². The number of aromatic nitrogens is 1. The monoisotopic (exact) mass is 452 g/mol. The van der Waals surface area contributed by atoms with Gasteiger partial charge in [0.25, 0.3) is 0 Å². The van der Waals surface area contributed by atoms with Crippen molar-refractivity contribution in [3.05, 3.63) is 29.6 Å². The number of hydrogen-bond acceptors (Lipinski definition) is 8. The van der Waals surface area contributed by atoms with E-state index in [9.17, 15) is 34.5 Å². The fourth-order valence-electron chi connectivity index (χ4n) is 3.63. The molecule has 2 rings (SSSR count). The first-order valence-corrected chi connectivity index (χ1v) is 10.2. The molecule has 0 spiro atoms. The van der Waals surface area contributed by atoms with Gasteiger partial charge in [-0.05, 0) is 18.6 Å². The number of nitrogens with zero attached hydrogens (tertiary/aromatic N) is 4. The number of carboxylic acids is 4. The zero-order valence-electron chi connectivity index (χ0n) is 17.6. The Balaban J connectivity index is 2.34. The first kappa shape index (κ1) is 25.2. The molecule has 2 bridgehead atoms. The van der Waals surface area contributed by atoms with Gasteiger partial charge in [-0.15, -0.1) is 0 Å². The van der Waals surface area contributed by atoms with Gasteiger partial charge >= 0.3 is 23.9 Å². The second-order valence-electron chi connectivity index (χ2n) is 7.65. The summed E-state index contributed by atoms with van der Waals surface area (Å²) in [6.45, 7) is 0.790. The van der Waals surface area contributed by atoms with Crippen LogP contribution in [-0.4, -0.2) is 109 Å². The lowest BCUT2D eigenvalue weighted by atomic mass is 10.1. The van der Waals surface area contributed by atoms with Crippen LogP contribution in [0.5, 0.6) is 0 Å². The van der Waals surface area contributed by atoms with E-state index in [-0.39, 0.29) is 65.2 Å². The van der Waals surface area contributed by atoms with E-state index in [1.165, 1.54) is 0 Å². The summed E-state index contributed by atoms with van der Waals surface area (Å²) in [5.74, 6) is -4.32. The van der Waals surface area contributed by atoms with Crippen LogP contribution in [0.4, 0.5) is 0 Å². The summed E-state index contributed by atoms with van der Waals surface area (Å²) in [5, 5.41) is 37.1. The summed E-state index contributed by atoms with van der Waals surface area (Å²) >= 11 is 0. The highest BCUT2D eigenvalue weighted by molar-refractivity contribution is 5.75. The van der Waals surface area contributed by atoms with Crippen molar-refractivity contribution in [2.24, 2.45) is 0 Å². The summed E-state index contributed by atoms with van der Waals surface area (Å²) < 4.78 is 0. The summed E-state index contributed by atoms with van der Waals surface area (Å²) in [6, 6.07) is 4.14. The molecule has 1 aromatic rings. The minimum absolute atomic E-state index is 0.102. The number of pyridine rings is 1. The first-order valence-electron chi connectivity index (χ1n) is 10.2. The molecule has 12 nitrogen and oxygen atoms in total. The molecule has 12 heteroatoms. The van der Waals surface area contributed by atoms with E-state index in [1.807, 2.05) is 0 Å². The fraction of sp³-hybridized carbons (Fsp3) is 0.550. The Morgan fingerprint density at radius 3 is 1.97 bits per heavy atom. The maximum atomic E-state index is 11.9. The molecular weight excluding hydrogens is 424 g/mol. The number of rotatable bonds is 9. The Kier molecular flexibility index (Phi) is 9.50. The third kappa shape index (κ3) is 8.57. The molecule has 0 fully saturated rings. The fourth-order valence-corrected chi connectivity index (χ4v) is 3.63. The van der Waals surface area contributed by atoms with Crippen LogP contribution in [0, 0.1) is 0 Å². The highest BCUT2D eigenvalue weighted by atomic mass is 16.4. The molecule has 0 radical (unpaired) electrons. The second kappa shape index (κ2) is 12.1. The zero-order valence-corrected chi connectivity index (χ0v) is 17.6. The summed E-state index contributed by atoms with van der Waals surface area (Å²) in [7, 11) is 0. The van der Waals surface area contributed by atoms with E-state index in [2.05, 4.69) is 4.98 Å². The molecule has 0 aliphatic carbocycles. The van der Waals surface area contributed by atoms with Gasteiger partial charge in [0.05, 0.1) is 24.5 Å². The zero-order chi connectivity index (χ0) is 23.7. The summed E-state index contributed by atoms with van der Waals surface area (Å²) in [4.78, 5) is 54.8. The average Bonchev–Trinajstić information content (AvgIpc) is 2.67. The molecule has 1 aliphatic rings. The van der Waals surface area contributed by atoms with Gasteiger partial charge in [-0.1, -0.05) is 6.07 Å². The van der Waals surface area contributed by atoms with Gasteiger partial charge in [-0.2, -0.15) is 0 Å². The minimum atomic E-state index is -1.16. The number of carbonyl (C=O) groups is 4. The maximum absolute atomic E-state index is 11.9. The van der Waals surface area contributed by atoms with Crippen LogP contribution in [0.15, 0.2) is 18.2 Å². The summed E-state index contributed by atoms with van der Waals surface area (Å²) in [6.07, 6.45) is -0.417. The molecule has 0 saturated carbocycles. The Bertz CT molecular complexity index is 834. The minimum Gasteiger partial charge on any atom is -0.481 e. The van der Waals surface area contributed by atoms with E-state index in [1.54, 1.807) is 32.9 Å². The largest absolute Gasteiger partial charge is 0.481 e. The van der Waals surface area contributed by atoms with Crippen molar-refractivity contribution in [1.82, 2.24) is 19.7 Å². The van der Waals surface area contributed by atoms with Crippen molar-refractivity contribution in [3.63, 3.8) is 0 Å². The van der Waals surface area contributed by atoms with E-state index in [0.717, 1.165) is 0 Å². The van der Waals surface area contributed by atoms with Gasteiger partial charge in [-0.25, -0.2) is 0 Å². The van der Waals surface area contributed by atoms with E-state index >= 15 is 0 Å². The normalized spacial score (nSPS) is 17.6. The molecular formula is C20H28N4O8. The van der Waals surface area contributed by atoms with Crippen molar-refractivity contribution >= 4 is 23.9 Å². The lowest BCUT2D eigenvalue weighted by Gasteiger charge is -2.32. The third-order valence-electron chi connectivity index (χ3n) is 5.13. The van der Waals surface area contributed by atoms with Gasteiger partial charge in [-0.3, -0.25) is 38.9 Å². The Labute approximate surface area is 184 Å². The third-order valence-corrected chi connectivity index (χ3v) is 5.13. The molecule has 1 aliphatic heterocycles. The quantitative estimate of drug-likeness (QED) is 0.379. The number of hydrogen-bond donors (Lipinski definition) is 4. The predicted octanol–water partition coefficient (Wildman–Crippen LogP) is -0.512. The van der Waals surface area contributed by atoms with Gasteiger partial charge < -0.3 is 20.4 Å². The van der Waals surface area contributed by atoms with E-state index < -0.39 is 29.9 Å².